The molecule has 0 saturated carbocycles. The first kappa shape index (κ1) is 21.1. The van der Waals surface area contributed by atoms with Crippen LogP contribution in [0.3, 0.4) is 0 Å². The predicted octanol–water partition coefficient (Wildman–Crippen LogP) is 4.34. The van der Waals surface area contributed by atoms with E-state index in [9.17, 15) is 19.1 Å². The van der Waals surface area contributed by atoms with Gasteiger partial charge in [0.15, 0.2) is 0 Å². The van der Waals surface area contributed by atoms with E-state index in [1.807, 2.05) is 42.7 Å². The van der Waals surface area contributed by atoms with Crippen LogP contribution in [0.1, 0.15) is 48.2 Å². The number of amides is 1. The van der Waals surface area contributed by atoms with Crippen LogP contribution < -0.4 is 5.32 Å². The van der Waals surface area contributed by atoms with Gasteiger partial charge in [-0.2, -0.15) is 0 Å². The summed E-state index contributed by atoms with van der Waals surface area (Å²) in [5.41, 5.74) is 4.75. The molecule has 0 spiro atoms. The molecule has 0 radical (unpaired) electrons. The number of aryl methyl sites for hydroxylation is 1. The number of nitrogens with one attached hydrogen (secondary N) is 1. The third kappa shape index (κ3) is 4.20. The number of nitrogens with zero attached hydrogens (tertiary/aromatic N) is 1. The van der Waals surface area contributed by atoms with Gasteiger partial charge in [-0.15, -0.1) is 0 Å². The van der Waals surface area contributed by atoms with Crippen LogP contribution in [-0.2, 0) is 28.9 Å². The number of hydrogen-bond donors (Lipinski definition) is 2. The van der Waals surface area contributed by atoms with Crippen LogP contribution in [0.4, 0.5) is 4.39 Å². The van der Waals surface area contributed by atoms with Crippen molar-refractivity contribution in [1.29, 1.82) is 0 Å². The Balaban J connectivity index is 1.60. The van der Waals surface area contributed by atoms with Crippen molar-refractivity contribution in [3.63, 3.8) is 0 Å². The second kappa shape index (κ2) is 8.53. The van der Waals surface area contributed by atoms with Crippen LogP contribution in [0.15, 0.2) is 42.5 Å². The van der Waals surface area contributed by atoms with Crippen molar-refractivity contribution < 1.29 is 19.1 Å². The van der Waals surface area contributed by atoms with E-state index >= 15 is 0 Å². The minimum absolute atomic E-state index is 0.0378. The van der Waals surface area contributed by atoms with Gasteiger partial charge < -0.3 is 15.0 Å². The summed E-state index contributed by atoms with van der Waals surface area (Å²) in [5.74, 6) is -1.27. The molecule has 1 heterocycles. The van der Waals surface area contributed by atoms with Gasteiger partial charge in [0, 0.05) is 22.6 Å². The molecule has 0 aliphatic heterocycles. The van der Waals surface area contributed by atoms with Crippen molar-refractivity contribution in [3.8, 4) is 0 Å². The standard InChI is InChI=1S/C25H27FN2O3/c1-3-21(25(30)31)28-22-10-8-17(26)13-19(22)20-14-18(9-11-23(20)28)27-24(29)12-16-6-4-15(2)5-7-16/h4-8,10,13,18,21H,3,9,11-12,14H2,1-2H3,(H,27,29)(H,30,31)/t18-,21?/m1/s1. The molecule has 3 aromatic rings. The largest absolute Gasteiger partial charge is 0.480 e. The number of benzene rings is 2. The highest BCUT2D eigenvalue weighted by atomic mass is 19.1. The average Bonchev–Trinajstić information content (AvgIpc) is 3.03. The molecule has 0 fully saturated rings. The molecule has 6 heteroatoms. The average molecular weight is 423 g/mol. The highest BCUT2D eigenvalue weighted by molar-refractivity contribution is 5.88. The molecule has 0 saturated heterocycles. The minimum atomic E-state index is -0.889. The maximum absolute atomic E-state index is 14.0. The van der Waals surface area contributed by atoms with Crippen molar-refractivity contribution in [2.24, 2.45) is 0 Å². The van der Waals surface area contributed by atoms with E-state index < -0.39 is 12.0 Å². The number of hydrogen-bond acceptors (Lipinski definition) is 2. The fraction of sp³-hybridized carbons (Fsp3) is 0.360. The quantitative estimate of drug-likeness (QED) is 0.621. The van der Waals surface area contributed by atoms with Gasteiger partial charge in [0.1, 0.15) is 11.9 Å². The summed E-state index contributed by atoms with van der Waals surface area (Å²) in [7, 11) is 0. The molecular weight excluding hydrogens is 395 g/mol. The smallest absolute Gasteiger partial charge is 0.326 e. The van der Waals surface area contributed by atoms with Crippen molar-refractivity contribution in [1.82, 2.24) is 9.88 Å². The molecule has 1 aliphatic carbocycles. The number of aliphatic carboxylic acids is 1. The molecule has 162 valence electrons. The number of carbonyl (C=O) groups excluding carboxylic acids is 1. The Morgan fingerprint density at radius 1 is 1.23 bits per heavy atom. The van der Waals surface area contributed by atoms with Crippen LogP contribution >= 0.6 is 0 Å². The number of rotatable bonds is 6. The molecule has 5 nitrogen and oxygen atoms in total. The zero-order chi connectivity index (χ0) is 22.1. The topological polar surface area (TPSA) is 71.3 Å². The second-order valence-corrected chi connectivity index (χ2v) is 8.39. The summed E-state index contributed by atoms with van der Waals surface area (Å²) >= 11 is 0. The Morgan fingerprint density at radius 3 is 2.65 bits per heavy atom. The van der Waals surface area contributed by atoms with E-state index in [2.05, 4.69) is 5.32 Å². The third-order valence-corrected chi connectivity index (χ3v) is 6.20. The van der Waals surface area contributed by atoms with E-state index in [1.165, 1.54) is 12.1 Å². The Hall–Kier alpha value is -3.15. The fourth-order valence-electron chi connectivity index (χ4n) is 4.68. The maximum Gasteiger partial charge on any atom is 0.326 e. The van der Waals surface area contributed by atoms with Crippen molar-refractivity contribution >= 4 is 22.8 Å². The number of carboxylic acid groups (broad SMARTS) is 1. The van der Waals surface area contributed by atoms with E-state index in [-0.39, 0.29) is 17.8 Å². The molecule has 0 bridgehead atoms. The maximum atomic E-state index is 14.0. The first-order valence-corrected chi connectivity index (χ1v) is 10.8. The van der Waals surface area contributed by atoms with Crippen molar-refractivity contribution in [2.75, 3.05) is 0 Å². The van der Waals surface area contributed by atoms with Crippen LogP contribution in [-0.4, -0.2) is 27.6 Å². The van der Waals surface area contributed by atoms with E-state index in [0.717, 1.165) is 39.7 Å². The molecule has 2 N–H and O–H groups in total. The van der Waals surface area contributed by atoms with Gasteiger partial charge in [0.2, 0.25) is 5.91 Å². The Morgan fingerprint density at radius 2 is 1.97 bits per heavy atom. The molecule has 2 aromatic carbocycles. The SMILES string of the molecule is CCC(C(=O)O)n1c2c(c3cc(F)ccc31)C[C@H](NC(=O)Cc1ccc(C)cc1)CC2. The van der Waals surface area contributed by atoms with Crippen LogP contribution in [0.2, 0.25) is 0 Å². The Labute approximate surface area is 180 Å². The van der Waals surface area contributed by atoms with Crippen LogP contribution in [0.25, 0.3) is 10.9 Å². The molecule has 31 heavy (non-hydrogen) atoms. The van der Waals surface area contributed by atoms with Gasteiger partial charge in [-0.3, -0.25) is 4.79 Å². The first-order valence-electron chi connectivity index (χ1n) is 10.8. The van der Waals surface area contributed by atoms with Crippen molar-refractivity contribution in [3.05, 3.63) is 70.7 Å². The lowest BCUT2D eigenvalue weighted by atomic mass is 9.91. The lowest BCUT2D eigenvalue weighted by Gasteiger charge is -2.26. The monoisotopic (exact) mass is 422 g/mol. The van der Waals surface area contributed by atoms with E-state index in [1.54, 1.807) is 6.07 Å². The first-order chi connectivity index (χ1) is 14.9. The lowest BCUT2D eigenvalue weighted by Crippen LogP contribution is -2.40. The summed E-state index contributed by atoms with van der Waals surface area (Å²) < 4.78 is 15.9. The third-order valence-electron chi connectivity index (χ3n) is 6.20. The molecule has 1 aromatic heterocycles. The van der Waals surface area contributed by atoms with E-state index in [0.29, 0.717) is 25.7 Å². The number of fused-ring (bicyclic) bond motifs is 3. The van der Waals surface area contributed by atoms with Crippen molar-refractivity contribution in [2.45, 2.75) is 58.0 Å². The summed E-state index contributed by atoms with van der Waals surface area (Å²) in [5, 5.41) is 13.6. The van der Waals surface area contributed by atoms with Gasteiger partial charge in [0.05, 0.1) is 6.42 Å². The van der Waals surface area contributed by atoms with Gasteiger partial charge in [-0.05, 0) is 61.9 Å². The van der Waals surface area contributed by atoms with E-state index in [4.69, 9.17) is 0 Å². The summed E-state index contributed by atoms with van der Waals surface area (Å²) in [6, 6.07) is 11.7. The van der Waals surface area contributed by atoms with Gasteiger partial charge >= 0.3 is 5.97 Å². The zero-order valence-electron chi connectivity index (χ0n) is 17.8. The second-order valence-electron chi connectivity index (χ2n) is 8.39. The molecular formula is C25H27FN2O3. The molecule has 1 aliphatic rings. The molecule has 4 rings (SSSR count). The molecule has 1 amide bonds. The minimum Gasteiger partial charge on any atom is -0.480 e. The number of halogens is 1. The van der Waals surface area contributed by atoms with Gasteiger partial charge in [0.25, 0.3) is 0 Å². The fourth-order valence-corrected chi connectivity index (χ4v) is 4.68. The molecule has 2 atom stereocenters. The molecule has 1 unspecified atom stereocenters. The van der Waals surface area contributed by atoms with Gasteiger partial charge in [-0.25, -0.2) is 9.18 Å². The van der Waals surface area contributed by atoms with Crippen LogP contribution in [0.5, 0.6) is 0 Å². The number of carboxylic acids is 1. The summed E-state index contributed by atoms with van der Waals surface area (Å²) in [6.45, 7) is 3.85. The zero-order valence-corrected chi connectivity index (χ0v) is 17.8. The highest BCUT2D eigenvalue weighted by Crippen LogP contribution is 2.36. The Kier molecular flexibility index (Phi) is 5.81. The number of carbonyl (C=O) groups is 2. The summed E-state index contributed by atoms with van der Waals surface area (Å²) in [6.07, 6.45) is 2.70. The normalized spacial score (nSPS) is 16.7. The van der Waals surface area contributed by atoms with Crippen LogP contribution in [0, 0.1) is 12.7 Å². The highest BCUT2D eigenvalue weighted by Gasteiger charge is 2.30. The lowest BCUT2D eigenvalue weighted by molar-refractivity contribution is -0.141. The predicted molar refractivity (Wildman–Crippen MR) is 118 cm³/mol. The van der Waals surface area contributed by atoms with Gasteiger partial charge in [-0.1, -0.05) is 36.8 Å². The Bertz CT molecular complexity index is 1130. The number of aromatic nitrogens is 1. The summed E-state index contributed by atoms with van der Waals surface area (Å²) in [4.78, 5) is 24.5.